The minimum atomic E-state index is -0.720. The van der Waals surface area contributed by atoms with Crippen LogP contribution in [0.4, 0.5) is 4.79 Å². The van der Waals surface area contributed by atoms with Gasteiger partial charge in [-0.05, 0) is 46.1 Å². The molecule has 1 aliphatic rings. The molecule has 2 N–H and O–H groups in total. The SMILES string of the molecule is C/C(NC(=O)OC(C)(C)C)=C(\OC(=O)Cc1ccccc1)C(=O)NC1CCCCC1. The van der Waals surface area contributed by atoms with E-state index in [1.165, 1.54) is 6.92 Å². The number of amides is 2. The van der Waals surface area contributed by atoms with Gasteiger partial charge in [0, 0.05) is 6.04 Å². The molecule has 1 aliphatic carbocycles. The number of rotatable bonds is 6. The molecule has 0 aliphatic heterocycles. The third-order valence-corrected chi connectivity index (χ3v) is 4.58. The van der Waals surface area contributed by atoms with Gasteiger partial charge < -0.3 is 14.8 Å². The molecular formula is C23H32N2O5. The van der Waals surface area contributed by atoms with Crippen LogP contribution >= 0.6 is 0 Å². The fraction of sp³-hybridized carbons (Fsp3) is 0.522. The molecule has 0 unspecified atom stereocenters. The van der Waals surface area contributed by atoms with Crippen LogP contribution in [0.25, 0.3) is 0 Å². The zero-order valence-corrected chi connectivity index (χ0v) is 18.2. The molecule has 0 saturated heterocycles. The van der Waals surface area contributed by atoms with Gasteiger partial charge in [-0.15, -0.1) is 0 Å². The Morgan fingerprint density at radius 1 is 1.03 bits per heavy atom. The first-order chi connectivity index (χ1) is 14.1. The second-order valence-corrected chi connectivity index (χ2v) is 8.53. The smallest absolute Gasteiger partial charge is 0.412 e. The van der Waals surface area contributed by atoms with Crippen molar-refractivity contribution in [1.82, 2.24) is 10.6 Å². The van der Waals surface area contributed by atoms with Crippen molar-refractivity contribution in [3.05, 3.63) is 47.4 Å². The maximum atomic E-state index is 12.9. The van der Waals surface area contributed by atoms with E-state index in [2.05, 4.69) is 10.6 Å². The monoisotopic (exact) mass is 416 g/mol. The number of nitrogens with one attached hydrogen (secondary N) is 2. The first-order valence-corrected chi connectivity index (χ1v) is 10.4. The molecule has 1 saturated carbocycles. The molecule has 7 heteroatoms. The number of allylic oxidation sites excluding steroid dienone is 1. The Balaban J connectivity index is 2.13. The summed E-state index contributed by atoms with van der Waals surface area (Å²) in [6.45, 7) is 6.72. The van der Waals surface area contributed by atoms with E-state index in [1.54, 1.807) is 32.9 Å². The highest BCUT2D eigenvalue weighted by Crippen LogP contribution is 2.18. The molecular weight excluding hydrogens is 384 g/mol. The Labute approximate surface area is 178 Å². The molecule has 1 aromatic rings. The maximum Gasteiger partial charge on any atom is 0.412 e. The zero-order valence-electron chi connectivity index (χ0n) is 18.2. The number of ether oxygens (including phenoxy) is 2. The lowest BCUT2D eigenvalue weighted by atomic mass is 9.95. The number of carbonyl (C=O) groups excluding carboxylic acids is 3. The molecule has 0 aromatic heterocycles. The standard InChI is InChI=1S/C23H32N2O5/c1-16(24-22(28)30-23(2,3)4)20(21(27)25-18-13-9-6-10-14-18)29-19(26)15-17-11-7-5-8-12-17/h5,7-8,11-12,18H,6,9-10,13-15H2,1-4H3,(H,24,28)(H,25,27)/b20-16+. The molecule has 0 spiro atoms. The van der Waals surface area contributed by atoms with Crippen molar-refractivity contribution in [2.45, 2.75) is 77.9 Å². The molecule has 2 rings (SSSR count). The summed E-state index contributed by atoms with van der Waals surface area (Å²) in [5.41, 5.74) is 0.199. The highest BCUT2D eigenvalue weighted by molar-refractivity contribution is 5.95. The quantitative estimate of drug-likeness (QED) is 0.416. The summed E-state index contributed by atoms with van der Waals surface area (Å²) >= 11 is 0. The lowest BCUT2D eigenvalue weighted by Crippen LogP contribution is -2.40. The van der Waals surface area contributed by atoms with E-state index in [0.29, 0.717) is 0 Å². The van der Waals surface area contributed by atoms with E-state index in [9.17, 15) is 14.4 Å². The van der Waals surface area contributed by atoms with E-state index in [4.69, 9.17) is 9.47 Å². The van der Waals surface area contributed by atoms with Crippen LogP contribution in [0, 0.1) is 0 Å². The van der Waals surface area contributed by atoms with E-state index in [1.807, 2.05) is 18.2 Å². The zero-order chi connectivity index (χ0) is 22.1. The van der Waals surface area contributed by atoms with Gasteiger partial charge in [0.1, 0.15) is 5.60 Å². The Morgan fingerprint density at radius 2 is 1.67 bits per heavy atom. The van der Waals surface area contributed by atoms with Crippen molar-refractivity contribution >= 4 is 18.0 Å². The Kier molecular flexibility index (Phi) is 8.45. The summed E-state index contributed by atoms with van der Waals surface area (Å²) in [4.78, 5) is 37.5. The van der Waals surface area contributed by atoms with Crippen molar-refractivity contribution in [3.63, 3.8) is 0 Å². The number of benzene rings is 1. The van der Waals surface area contributed by atoms with Crippen LogP contribution < -0.4 is 10.6 Å². The predicted octanol–water partition coefficient (Wildman–Crippen LogP) is 3.98. The normalized spacial score (nSPS) is 15.6. The molecule has 2 amide bonds. The first kappa shape index (κ1) is 23.4. The van der Waals surface area contributed by atoms with Crippen LogP contribution in [-0.4, -0.2) is 29.6 Å². The van der Waals surface area contributed by atoms with Gasteiger partial charge in [-0.3, -0.25) is 14.9 Å². The van der Waals surface area contributed by atoms with E-state index < -0.39 is 23.6 Å². The lowest BCUT2D eigenvalue weighted by Gasteiger charge is -2.24. The molecule has 0 atom stereocenters. The first-order valence-electron chi connectivity index (χ1n) is 10.4. The summed E-state index contributed by atoms with van der Waals surface area (Å²) in [7, 11) is 0. The lowest BCUT2D eigenvalue weighted by molar-refractivity contribution is -0.142. The summed E-state index contributed by atoms with van der Waals surface area (Å²) in [6, 6.07) is 9.14. The third-order valence-electron chi connectivity index (χ3n) is 4.58. The molecule has 164 valence electrons. The largest absolute Gasteiger partial charge is 0.444 e. The van der Waals surface area contributed by atoms with Crippen LogP contribution in [0.3, 0.4) is 0 Å². The van der Waals surface area contributed by atoms with Gasteiger partial charge in [-0.1, -0.05) is 49.6 Å². The van der Waals surface area contributed by atoms with E-state index in [-0.39, 0.29) is 23.9 Å². The van der Waals surface area contributed by atoms with Crippen LogP contribution in [-0.2, 0) is 25.5 Å². The fourth-order valence-electron chi connectivity index (χ4n) is 3.22. The molecule has 1 fully saturated rings. The summed E-state index contributed by atoms with van der Waals surface area (Å²) in [5, 5.41) is 5.43. The van der Waals surface area contributed by atoms with Crippen molar-refractivity contribution in [2.24, 2.45) is 0 Å². The molecule has 0 heterocycles. The van der Waals surface area contributed by atoms with Gasteiger partial charge in [0.15, 0.2) is 0 Å². The second-order valence-electron chi connectivity index (χ2n) is 8.53. The Hall–Kier alpha value is -2.83. The number of alkyl carbamates (subject to hydrolysis) is 1. The molecule has 30 heavy (non-hydrogen) atoms. The van der Waals surface area contributed by atoms with Gasteiger partial charge in [0.25, 0.3) is 5.91 Å². The van der Waals surface area contributed by atoms with Crippen LogP contribution in [0.15, 0.2) is 41.8 Å². The Bertz CT molecular complexity index is 775. The van der Waals surface area contributed by atoms with Gasteiger partial charge >= 0.3 is 12.1 Å². The van der Waals surface area contributed by atoms with Gasteiger partial charge in [-0.25, -0.2) is 4.79 Å². The van der Waals surface area contributed by atoms with Crippen molar-refractivity contribution in [2.75, 3.05) is 0 Å². The van der Waals surface area contributed by atoms with Gasteiger partial charge in [0.05, 0.1) is 12.1 Å². The van der Waals surface area contributed by atoms with Crippen LogP contribution in [0.2, 0.25) is 0 Å². The molecule has 0 bridgehead atoms. The van der Waals surface area contributed by atoms with E-state index >= 15 is 0 Å². The summed E-state index contributed by atoms with van der Waals surface area (Å²) < 4.78 is 10.6. The molecule has 0 radical (unpaired) electrons. The second kappa shape index (κ2) is 10.8. The van der Waals surface area contributed by atoms with Crippen LogP contribution in [0.5, 0.6) is 0 Å². The van der Waals surface area contributed by atoms with Gasteiger partial charge in [0.2, 0.25) is 5.76 Å². The number of carbonyl (C=O) groups is 3. The fourth-order valence-corrected chi connectivity index (χ4v) is 3.22. The minimum absolute atomic E-state index is 0.0146. The van der Waals surface area contributed by atoms with Crippen molar-refractivity contribution in [3.8, 4) is 0 Å². The number of esters is 1. The topological polar surface area (TPSA) is 93.7 Å². The maximum absolute atomic E-state index is 12.9. The molecule has 7 nitrogen and oxygen atoms in total. The highest BCUT2D eigenvalue weighted by atomic mass is 16.6. The molecule has 1 aromatic carbocycles. The summed E-state index contributed by atoms with van der Waals surface area (Å²) in [5.74, 6) is -1.32. The highest BCUT2D eigenvalue weighted by Gasteiger charge is 2.25. The van der Waals surface area contributed by atoms with Gasteiger partial charge in [-0.2, -0.15) is 0 Å². The number of hydrogen-bond acceptors (Lipinski definition) is 5. The van der Waals surface area contributed by atoms with Crippen LogP contribution in [0.1, 0.15) is 65.4 Å². The van der Waals surface area contributed by atoms with Crippen molar-refractivity contribution in [1.29, 1.82) is 0 Å². The Morgan fingerprint density at radius 3 is 2.27 bits per heavy atom. The summed E-state index contributed by atoms with van der Waals surface area (Å²) in [6.07, 6.45) is 4.31. The number of hydrogen-bond donors (Lipinski definition) is 2. The third kappa shape index (κ3) is 8.27. The average molecular weight is 417 g/mol. The minimum Gasteiger partial charge on any atom is -0.444 e. The average Bonchev–Trinajstić information content (AvgIpc) is 2.66. The van der Waals surface area contributed by atoms with E-state index in [0.717, 1.165) is 37.7 Å². The predicted molar refractivity (Wildman–Crippen MR) is 113 cm³/mol. The van der Waals surface area contributed by atoms with Crippen molar-refractivity contribution < 1.29 is 23.9 Å².